The fourth-order valence-corrected chi connectivity index (χ4v) is 11.7. The van der Waals surface area contributed by atoms with Crippen LogP contribution < -0.4 is 5.32 Å². The molecule has 1 aliphatic rings. The molecule has 1 saturated heterocycles. The third-order valence-corrected chi connectivity index (χ3v) is 17.4. The van der Waals surface area contributed by atoms with Crippen molar-refractivity contribution in [1.29, 1.82) is 0 Å². The van der Waals surface area contributed by atoms with E-state index in [0.717, 1.165) is 70.6 Å². The van der Waals surface area contributed by atoms with Gasteiger partial charge < -0.3 is 45.1 Å². The summed E-state index contributed by atoms with van der Waals surface area (Å²) in [6, 6.07) is -1.02. The molecular formula is C72H137NO10. The highest BCUT2D eigenvalue weighted by Gasteiger charge is 2.47. The predicted molar refractivity (Wildman–Crippen MR) is 348 cm³/mol. The van der Waals surface area contributed by atoms with Crippen LogP contribution in [-0.4, -0.2) is 99.6 Å². The van der Waals surface area contributed by atoms with Gasteiger partial charge in [-0.15, -0.1) is 0 Å². The van der Waals surface area contributed by atoms with Gasteiger partial charge in [-0.1, -0.05) is 328 Å². The number of allylic oxidation sites excluding steroid dienone is 3. The lowest BCUT2D eigenvalue weighted by Crippen LogP contribution is -2.61. The van der Waals surface area contributed by atoms with Gasteiger partial charge in [-0.05, 0) is 51.4 Å². The van der Waals surface area contributed by atoms with Crippen LogP contribution in [0.5, 0.6) is 0 Å². The molecule has 11 heteroatoms. The molecule has 6 N–H and O–H groups in total. The summed E-state index contributed by atoms with van der Waals surface area (Å²) in [6.07, 6.45) is 62.3. The van der Waals surface area contributed by atoms with Gasteiger partial charge in [-0.3, -0.25) is 9.59 Å². The first-order valence-corrected chi connectivity index (χ1v) is 36.1. The predicted octanol–water partition coefficient (Wildman–Crippen LogP) is 18.4. The number of ether oxygens (including phenoxy) is 3. The summed E-state index contributed by atoms with van der Waals surface area (Å²) < 4.78 is 17.7. The van der Waals surface area contributed by atoms with Gasteiger partial charge in [0.05, 0.1) is 25.4 Å². The minimum absolute atomic E-state index is 0.122. The maximum atomic E-state index is 13.5. The number of carbonyl (C=O) groups is 2. The molecule has 8 atom stereocenters. The topological polar surface area (TPSA) is 175 Å². The van der Waals surface area contributed by atoms with E-state index in [-0.39, 0.29) is 13.0 Å². The van der Waals surface area contributed by atoms with E-state index < -0.39 is 67.4 Å². The molecule has 0 aromatic carbocycles. The van der Waals surface area contributed by atoms with Crippen molar-refractivity contribution in [3.8, 4) is 0 Å². The van der Waals surface area contributed by atoms with Gasteiger partial charge in [0.2, 0.25) is 5.91 Å². The number of esters is 1. The molecule has 0 radical (unpaired) electrons. The molecule has 1 aliphatic heterocycles. The Morgan fingerprint density at radius 3 is 1.18 bits per heavy atom. The summed E-state index contributed by atoms with van der Waals surface area (Å²) in [5, 5.41) is 57.2. The molecule has 0 aliphatic carbocycles. The van der Waals surface area contributed by atoms with Gasteiger partial charge in [0.1, 0.15) is 24.4 Å². The maximum Gasteiger partial charge on any atom is 0.306 e. The van der Waals surface area contributed by atoms with E-state index in [1.807, 2.05) is 6.08 Å². The lowest BCUT2D eigenvalue weighted by molar-refractivity contribution is -0.305. The molecule has 1 rings (SSSR count). The quantitative estimate of drug-likeness (QED) is 0.0195. The molecule has 1 fully saturated rings. The number of aliphatic hydroxyl groups is 5. The van der Waals surface area contributed by atoms with Crippen LogP contribution in [0.25, 0.3) is 0 Å². The van der Waals surface area contributed by atoms with Crippen LogP contribution in [0.3, 0.4) is 0 Å². The first-order valence-electron chi connectivity index (χ1n) is 36.1. The van der Waals surface area contributed by atoms with E-state index in [9.17, 15) is 35.1 Å². The first kappa shape index (κ1) is 79.2. The zero-order chi connectivity index (χ0) is 60.3. The largest absolute Gasteiger partial charge is 0.454 e. The van der Waals surface area contributed by atoms with Crippen molar-refractivity contribution in [2.45, 2.75) is 410 Å². The number of nitrogens with one attached hydrogen (secondary N) is 1. The average Bonchev–Trinajstić information content (AvgIpc) is 3.54. The number of amides is 1. The van der Waals surface area contributed by atoms with Crippen molar-refractivity contribution < 1.29 is 49.3 Å². The number of hydrogen-bond donors (Lipinski definition) is 6. The molecule has 0 spiro atoms. The zero-order valence-electron chi connectivity index (χ0n) is 54.6. The second kappa shape index (κ2) is 60.4. The van der Waals surface area contributed by atoms with Crippen molar-refractivity contribution in [3.05, 3.63) is 24.3 Å². The molecule has 0 bridgehead atoms. The second-order valence-electron chi connectivity index (χ2n) is 25.3. The van der Waals surface area contributed by atoms with Gasteiger partial charge in [-0.2, -0.15) is 0 Å². The average molecular weight is 1180 g/mol. The highest BCUT2D eigenvalue weighted by atomic mass is 16.7. The highest BCUT2D eigenvalue weighted by Crippen LogP contribution is 2.26. The highest BCUT2D eigenvalue weighted by molar-refractivity contribution is 5.80. The first-order chi connectivity index (χ1) is 40.7. The molecule has 0 saturated carbocycles. The van der Waals surface area contributed by atoms with Crippen LogP contribution in [0.2, 0.25) is 0 Å². The number of carbonyl (C=O) groups excluding carboxylic acids is 2. The number of unbranched alkanes of at least 4 members (excludes halogenated alkanes) is 47. The minimum atomic E-state index is -1.61. The van der Waals surface area contributed by atoms with Crippen molar-refractivity contribution >= 4 is 11.9 Å². The van der Waals surface area contributed by atoms with Gasteiger partial charge in [-0.25, -0.2) is 0 Å². The molecule has 11 nitrogen and oxygen atoms in total. The van der Waals surface area contributed by atoms with Crippen LogP contribution in [0.4, 0.5) is 0 Å². The van der Waals surface area contributed by atoms with Crippen molar-refractivity contribution in [1.82, 2.24) is 5.32 Å². The molecule has 0 aromatic heterocycles. The molecule has 83 heavy (non-hydrogen) atoms. The van der Waals surface area contributed by atoms with Crippen molar-refractivity contribution in [2.75, 3.05) is 13.2 Å². The zero-order valence-corrected chi connectivity index (χ0v) is 54.6. The molecule has 8 unspecified atom stereocenters. The third kappa shape index (κ3) is 47.8. The van der Waals surface area contributed by atoms with Crippen LogP contribution >= 0.6 is 0 Å². The normalized spacial score (nSPS) is 18.6. The lowest BCUT2D eigenvalue weighted by Gasteiger charge is -2.41. The smallest absolute Gasteiger partial charge is 0.306 e. The summed E-state index contributed by atoms with van der Waals surface area (Å²) in [6.45, 7) is 5.83. The Kier molecular flexibility index (Phi) is 57.6. The minimum Gasteiger partial charge on any atom is -0.454 e. The Morgan fingerprint density at radius 1 is 0.458 bits per heavy atom. The molecule has 1 heterocycles. The van der Waals surface area contributed by atoms with E-state index in [2.05, 4.69) is 38.2 Å². The van der Waals surface area contributed by atoms with E-state index in [0.29, 0.717) is 19.3 Å². The van der Waals surface area contributed by atoms with Crippen molar-refractivity contribution in [3.63, 3.8) is 0 Å². The van der Waals surface area contributed by atoms with Crippen LogP contribution in [-0.2, 0) is 23.8 Å². The monoisotopic (exact) mass is 1180 g/mol. The number of hydrogen-bond acceptors (Lipinski definition) is 10. The second-order valence-corrected chi connectivity index (χ2v) is 25.3. The fourth-order valence-electron chi connectivity index (χ4n) is 11.7. The van der Waals surface area contributed by atoms with Gasteiger partial charge >= 0.3 is 5.97 Å². The van der Waals surface area contributed by atoms with Gasteiger partial charge in [0.25, 0.3) is 0 Å². The Balaban J connectivity index is 2.54. The Bertz CT molecular complexity index is 1450. The summed E-state index contributed by atoms with van der Waals surface area (Å²) >= 11 is 0. The summed E-state index contributed by atoms with van der Waals surface area (Å²) in [4.78, 5) is 26.6. The molecule has 1 amide bonds. The van der Waals surface area contributed by atoms with Crippen molar-refractivity contribution in [2.24, 2.45) is 0 Å². The lowest BCUT2D eigenvalue weighted by atomic mass is 9.99. The summed E-state index contributed by atoms with van der Waals surface area (Å²) in [7, 11) is 0. The molecule has 0 aromatic rings. The van der Waals surface area contributed by atoms with Crippen LogP contribution in [0, 0.1) is 0 Å². The Morgan fingerprint density at radius 2 is 0.795 bits per heavy atom. The summed E-state index contributed by atoms with van der Waals surface area (Å²) in [5.41, 5.74) is 0. The molecule has 490 valence electrons. The standard InChI is InChI=1S/C72H137NO10/c1-4-7-10-13-16-19-22-25-27-28-29-30-31-32-33-34-35-36-37-39-41-44-47-50-53-56-59-65(76)71(80)73-63(64(75)58-55-52-49-46-43-40-24-21-18-15-12-9-6-3)62-81-72-70(69(79)68(78)66(61-74)82-72)83-67(77)60-57-54-51-48-45-42-38-26-23-20-17-14-11-8-5-2/h20,23,55,58,63-66,68-70,72,74-76,78-79H,4-19,21-22,24-54,56-57,59-62H2,1-3H3,(H,73,80)/b23-20-,58-55+. The van der Waals surface area contributed by atoms with E-state index in [1.165, 1.54) is 244 Å². The van der Waals surface area contributed by atoms with E-state index >= 15 is 0 Å². The maximum absolute atomic E-state index is 13.5. The number of rotatable bonds is 63. The fraction of sp³-hybridized carbons (Fsp3) is 0.917. The number of aliphatic hydroxyl groups excluding tert-OH is 5. The van der Waals surface area contributed by atoms with E-state index in [4.69, 9.17) is 14.2 Å². The summed E-state index contributed by atoms with van der Waals surface area (Å²) in [5.74, 6) is -1.18. The molecular weight excluding hydrogens is 1040 g/mol. The SMILES string of the molecule is CCCCCC/C=C\CCCCCCCCCC(=O)OC1C(OCC(NC(=O)C(O)CCCCCCCCCCCCCCCCCCCCCCCCCCCC)C(O)/C=C/CCCCCCCCCCCCC)OC(CO)C(O)C1O. The van der Waals surface area contributed by atoms with E-state index in [1.54, 1.807) is 6.08 Å². The Labute approximate surface area is 511 Å². The van der Waals surface area contributed by atoms with Crippen LogP contribution in [0.15, 0.2) is 24.3 Å². The van der Waals surface area contributed by atoms with Crippen LogP contribution in [0.1, 0.15) is 361 Å². The Hall–Kier alpha value is -1.86. The van der Waals surface area contributed by atoms with Gasteiger partial charge in [0, 0.05) is 6.42 Å². The third-order valence-electron chi connectivity index (χ3n) is 17.4. The van der Waals surface area contributed by atoms with Gasteiger partial charge in [0.15, 0.2) is 12.4 Å².